The van der Waals surface area contributed by atoms with E-state index >= 15 is 0 Å². The fraction of sp³-hybridized carbons (Fsp3) is 0.455. The molecule has 1 aromatic heterocycles. The third-order valence-electron chi connectivity index (χ3n) is 4.72. The minimum absolute atomic E-state index is 0. The molecule has 8 nitrogen and oxygen atoms in total. The molecular formula is C22H31Li2N2O6P. The van der Waals surface area contributed by atoms with Crippen LogP contribution in [0.4, 0.5) is 0 Å². The Morgan fingerprint density at radius 1 is 1.09 bits per heavy atom. The summed E-state index contributed by atoms with van der Waals surface area (Å²) in [5.41, 5.74) is 1.59. The first-order chi connectivity index (χ1) is 14.6. The van der Waals surface area contributed by atoms with Gasteiger partial charge < -0.3 is 19.7 Å². The Labute approximate surface area is 219 Å². The summed E-state index contributed by atoms with van der Waals surface area (Å²) in [5.74, 6) is -0.994. The summed E-state index contributed by atoms with van der Waals surface area (Å²) in [6.07, 6.45) is 2.50. The summed E-state index contributed by atoms with van der Waals surface area (Å²) in [6, 6.07) is 8.71. The van der Waals surface area contributed by atoms with E-state index in [0.717, 1.165) is 11.1 Å². The van der Waals surface area contributed by atoms with E-state index in [1.807, 2.05) is 32.0 Å². The summed E-state index contributed by atoms with van der Waals surface area (Å²) in [7, 11) is -3.69. The third-order valence-corrected chi connectivity index (χ3v) is 6.49. The van der Waals surface area contributed by atoms with Crippen molar-refractivity contribution in [1.29, 1.82) is 0 Å². The standard InChI is InChI=1S/C22H31N2O6P.2Li/c1-4-12-31(28,29)24-18(13-15(2)3)21(25)23-19(22(26)27)14-16-7-9-17(10-8-16)20-6-5-11-30-20;;/h5-11,15,18-19H,4,12-14H2,1-3H3,(H,23,25)(H,26,27)(H2,24,28,29);;/t18-,19-;;/m0../s1. The smallest absolute Gasteiger partial charge is 0.326 e. The number of hydrogen-bond acceptors (Lipinski definition) is 4. The molecule has 0 saturated carbocycles. The van der Waals surface area contributed by atoms with Crippen LogP contribution in [0.2, 0.25) is 0 Å². The van der Waals surface area contributed by atoms with Crippen molar-refractivity contribution < 1.29 is 28.6 Å². The van der Waals surface area contributed by atoms with Crippen molar-refractivity contribution in [3.05, 3.63) is 48.2 Å². The molecule has 11 heteroatoms. The largest absolute Gasteiger partial charge is 0.480 e. The molecule has 4 N–H and O–H groups in total. The van der Waals surface area contributed by atoms with Gasteiger partial charge in [0.25, 0.3) is 7.52 Å². The van der Waals surface area contributed by atoms with Crippen LogP contribution < -0.4 is 10.4 Å². The van der Waals surface area contributed by atoms with Gasteiger partial charge in [0.15, 0.2) is 0 Å². The molecule has 2 rings (SSSR count). The van der Waals surface area contributed by atoms with Crippen molar-refractivity contribution in [3.8, 4) is 11.3 Å². The molecule has 2 radical (unpaired) electrons. The van der Waals surface area contributed by atoms with E-state index in [4.69, 9.17) is 4.42 Å². The van der Waals surface area contributed by atoms with Crippen molar-refractivity contribution in [3.63, 3.8) is 0 Å². The minimum atomic E-state index is -3.69. The van der Waals surface area contributed by atoms with E-state index in [-0.39, 0.29) is 56.2 Å². The Kier molecular flexibility index (Phi) is 14.4. The average molecular weight is 464 g/mol. The number of benzene rings is 1. The number of rotatable bonds is 12. The van der Waals surface area contributed by atoms with E-state index in [0.29, 0.717) is 18.6 Å². The maximum Gasteiger partial charge on any atom is 0.326 e. The van der Waals surface area contributed by atoms with Gasteiger partial charge in [0.05, 0.1) is 12.3 Å². The van der Waals surface area contributed by atoms with Crippen LogP contribution in [-0.4, -0.2) is 77.8 Å². The maximum atomic E-state index is 12.8. The zero-order valence-electron chi connectivity index (χ0n) is 20.1. The second-order valence-electron chi connectivity index (χ2n) is 8.01. The summed E-state index contributed by atoms with van der Waals surface area (Å²) >= 11 is 0. The number of carbonyl (C=O) groups excluding carboxylic acids is 1. The zero-order valence-corrected chi connectivity index (χ0v) is 21.0. The van der Waals surface area contributed by atoms with Gasteiger partial charge in [0.1, 0.15) is 11.8 Å². The first-order valence-electron chi connectivity index (χ1n) is 10.4. The Hall–Kier alpha value is -1.22. The van der Waals surface area contributed by atoms with Gasteiger partial charge in [-0.15, -0.1) is 0 Å². The maximum absolute atomic E-state index is 12.8. The molecule has 0 aliphatic rings. The number of carboxylic acid groups (broad SMARTS) is 1. The molecule has 2 aromatic rings. The fourth-order valence-corrected chi connectivity index (χ4v) is 4.70. The first-order valence-corrected chi connectivity index (χ1v) is 12.2. The molecule has 0 saturated heterocycles. The van der Waals surface area contributed by atoms with Gasteiger partial charge in [0, 0.05) is 55.9 Å². The van der Waals surface area contributed by atoms with E-state index < -0.39 is 31.5 Å². The van der Waals surface area contributed by atoms with Crippen molar-refractivity contribution >= 4 is 57.1 Å². The number of furan rings is 1. The normalized spacial score (nSPS) is 14.3. The summed E-state index contributed by atoms with van der Waals surface area (Å²) in [4.78, 5) is 34.6. The predicted octanol–water partition coefficient (Wildman–Crippen LogP) is 2.90. The van der Waals surface area contributed by atoms with Crippen LogP contribution >= 0.6 is 7.52 Å². The van der Waals surface area contributed by atoms with Crippen LogP contribution in [0.15, 0.2) is 47.1 Å². The molecule has 0 aliphatic carbocycles. The molecule has 0 bridgehead atoms. The summed E-state index contributed by atoms with van der Waals surface area (Å²) in [5, 5.41) is 14.7. The van der Waals surface area contributed by atoms with Gasteiger partial charge in [-0.3, -0.25) is 9.36 Å². The number of nitrogens with one attached hydrogen (secondary N) is 2. The van der Waals surface area contributed by atoms with Crippen LogP contribution in [-0.2, 0) is 20.6 Å². The number of carboxylic acids is 1. The molecule has 33 heavy (non-hydrogen) atoms. The molecule has 0 fully saturated rings. The van der Waals surface area contributed by atoms with Crippen LogP contribution in [0.1, 0.15) is 39.2 Å². The first kappa shape index (κ1) is 31.8. The van der Waals surface area contributed by atoms with Crippen LogP contribution in [0.3, 0.4) is 0 Å². The van der Waals surface area contributed by atoms with Crippen molar-refractivity contribution in [2.24, 2.45) is 5.92 Å². The van der Waals surface area contributed by atoms with Gasteiger partial charge in [0.2, 0.25) is 5.91 Å². The third kappa shape index (κ3) is 10.7. The predicted molar refractivity (Wildman–Crippen MR) is 130 cm³/mol. The van der Waals surface area contributed by atoms with Gasteiger partial charge >= 0.3 is 5.97 Å². The van der Waals surface area contributed by atoms with Gasteiger partial charge in [-0.25, -0.2) is 9.88 Å². The average Bonchev–Trinajstić information content (AvgIpc) is 3.21. The van der Waals surface area contributed by atoms with Crippen molar-refractivity contribution in [1.82, 2.24) is 10.4 Å². The number of amides is 1. The molecule has 1 amide bonds. The number of carbonyl (C=O) groups is 2. The Balaban J connectivity index is 0.00000512. The van der Waals surface area contributed by atoms with Gasteiger partial charge in [-0.05, 0) is 36.5 Å². The molecule has 1 heterocycles. The molecular weight excluding hydrogens is 433 g/mol. The molecule has 1 unspecified atom stereocenters. The second kappa shape index (κ2) is 14.9. The number of hydrogen-bond donors (Lipinski definition) is 4. The van der Waals surface area contributed by atoms with E-state index in [1.54, 1.807) is 31.4 Å². The summed E-state index contributed by atoms with van der Waals surface area (Å²) < 4.78 is 17.6. The molecule has 3 atom stereocenters. The SMILES string of the molecule is CCCP(=O)(O)N[C@@H](CC(C)C)C(=O)N[C@@H](Cc1ccc(-c2ccco2)cc1)C(=O)O.[Li].[Li]. The Morgan fingerprint density at radius 2 is 1.73 bits per heavy atom. The van der Waals surface area contributed by atoms with Crippen LogP contribution in [0.5, 0.6) is 0 Å². The molecule has 172 valence electrons. The van der Waals surface area contributed by atoms with Crippen molar-refractivity contribution in [2.75, 3.05) is 6.16 Å². The quantitative estimate of drug-likeness (QED) is 0.281. The van der Waals surface area contributed by atoms with E-state index in [1.165, 1.54) is 0 Å². The van der Waals surface area contributed by atoms with Crippen LogP contribution in [0, 0.1) is 5.92 Å². The molecule has 1 aromatic carbocycles. The van der Waals surface area contributed by atoms with Crippen LogP contribution in [0.25, 0.3) is 11.3 Å². The topological polar surface area (TPSA) is 129 Å². The number of aliphatic carboxylic acids is 1. The zero-order chi connectivity index (χ0) is 23.0. The van der Waals surface area contributed by atoms with Crippen molar-refractivity contribution in [2.45, 2.75) is 52.1 Å². The molecule has 0 spiro atoms. The summed E-state index contributed by atoms with van der Waals surface area (Å²) in [6.45, 7) is 5.55. The molecule has 0 aliphatic heterocycles. The minimum Gasteiger partial charge on any atom is -0.480 e. The monoisotopic (exact) mass is 464 g/mol. The fourth-order valence-electron chi connectivity index (χ4n) is 3.26. The van der Waals surface area contributed by atoms with Gasteiger partial charge in [-0.1, -0.05) is 45.0 Å². The van der Waals surface area contributed by atoms with E-state index in [9.17, 15) is 24.2 Å². The Bertz CT molecular complexity index is 906. The van der Waals surface area contributed by atoms with Gasteiger partial charge in [-0.2, -0.15) is 0 Å². The Morgan fingerprint density at radius 3 is 2.21 bits per heavy atom. The van der Waals surface area contributed by atoms with E-state index in [2.05, 4.69) is 10.4 Å². The second-order valence-corrected chi connectivity index (χ2v) is 10.1.